The van der Waals surface area contributed by atoms with E-state index in [0.717, 1.165) is 25.9 Å². The Labute approximate surface area is 107 Å². The Balaban J connectivity index is 1.90. The molecule has 1 saturated heterocycles. The van der Waals surface area contributed by atoms with E-state index in [1.165, 1.54) is 0 Å². The van der Waals surface area contributed by atoms with Crippen LogP contribution >= 0.6 is 0 Å². The van der Waals surface area contributed by atoms with Gasteiger partial charge in [0.15, 0.2) is 0 Å². The fourth-order valence-corrected chi connectivity index (χ4v) is 2.29. The summed E-state index contributed by atoms with van der Waals surface area (Å²) < 4.78 is 1.84. The van der Waals surface area contributed by atoms with E-state index in [0.29, 0.717) is 18.8 Å². The summed E-state index contributed by atoms with van der Waals surface area (Å²) in [4.78, 5) is 18.3. The number of hydrogen-bond donors (Lipinski definition) is 2. The van der Waals surface area contributed by atoms with Crippen molar-refractivity contribution in [1.29, 1.82) is 0 Å². The summed E-state index contributed by atoms with van der Waals surface area (Å²) in [5.41, 5.74) is 5.93. The highest BCUT2D eigenvalue weighted by molar-refractivity contribution is 5.92. The minimum atomic E-state index is -0.0916. The van der Waals surface area contributed by atoms with Crippen molar-refractivity contribution in [3.05, 3.63) is 18.2 Å². The molecule has 1 atom stereocenters. The maximum atomic E-state index is 12.0. The van der Waals surface area contributed by atoms with Gasteiger partial charge in [0.25, 0.3) is 5.91 Å². The maximum absolute atomic E-state index is 12.0. The van der Waals surface area contributed by atoms with Crippen LogP contribution in [0.5, 0.6) is 0 Å². The molecule has 1 unspecified atom stereocenters. The van der Waals surface area contributed by atoms with Gasteiger partial charge in [-0.3, -0.25) is 4.79 Å². The summed E-state index contributed by atoms with van der Waals surface area (Å²) in [7, 11) is 2.08. The minimum absolute atomic E-state index is 0.0916. The largest absolute Gasteiger partial charge is 0.347 e. The van der Waals surface area contributed by atoms with Gasteiger partial charge < -0.3 is 20.5 Å². The zero-order valence-electron chi connectivity index (χ0n) is 10.8. The Morgan fingerprint density at radius 2 is 2.50 bits per heavy atom. The van der Waals surface area contributed by atoms with Gasteiger partial charge in [-0.05, 0) is 26.4 Å². The minimum Gasteiger partial charge on any atom is -0.347 e. The number of carbonyl (C=O) groups excluding carboxylic acids is 1. The standard InChI is InChI=1S/C12H21N5O/c1-16-5-2-3-10(7-16)15-12(18)11-8-17(6-4-13)9-14-11/h8-10H,2-7,13H2,1H3,(H,15,18). The van der Waals surface area contributed by atoms with Crippen LogP contribution in [0.25, 0.3) is 0 Å². The molecule has 1 aliphatic rings. The van der Waals surface area contributed by atoms with Gasteiger partial charge in [0.2, 0.25) is 0 Å². The Kier molecular flexibility index (Phi) is 4.33. The van der Waals surface area contributed by atoms with Crippen molar-refractivity contribution < 1.29 is 4.79 Å². The lowest BCUT2D eigenvalue weighted by molar-refractivity contribution is 0.0908. The number of nitrogens with zero attached hydrogens (tertiary/aromatic N) is 3. The zero-order valence-corrected chi connectivity index (χ0v) is 10.8. The normalized spacial score (nSPS) is 20.9. The first kappa shape index (κ1) is 13.0. The SMILES string of the molecule is CN1CCCC(NC(=O)c2cn(CCN)cn2)C1. The smallest absolute Gasteiger partial charge is 0.271 e. The molecule has 0 spiro atoms. The van der Waals surface area contributed by atoms with Crippen LogP contribution in [0.4, 0.5) is 0 Å². The molecule has 1 aromatic rings. The van der Waals surface area contributed by atoms with Crippen molar-refractivity contribution in [2.24, 2.45) is 5.73 Å². The highest BCUT2D eigenvalue weighted by atomic mass is 16.2. The average molecular weight is 251 g/mol. The van der Waals surface area contributed by atoms with Crippen molar-refractivity contribution in [2.45, 2.75) is 25.4 Å². The number of rotatable bonds is 4. The van der Waals surface area contributed by atoms with Crippen LogP contribution in [-0.2, 0) is 6.54 Å². The van der Waals surface area contributed by atoms with Gasteiger partial charge in [0, 0.05) is 31.9 Å². The quantitative estimate of drug-likeness (QED) is 0.768. The van der Waals surface area contributed by atoms with E-state index in [-0.39, 0.29) is 11.9 Å². The van der Waals surface area contributed by atoms with Crippen molar-refractivity contribution >= 4 is 5.91 Å². The molecule has 0 saturated carbocycles. The third-order valence-corrected chi connectivity index (χ3v) is 3.21. The summed E-state index contributed by atoms with van der Waals surface area (Å²) in [6, 6.07) is 0.232. The molecule has 6 heteroatoms. The van der Waals surface area contributed by atoms with Crippen LogP contribution in [0.15, 0.2) is 12.5 Å². The van der Waals surface area contributed by atoms with E-state index in [1.54, 1.807) is 12.5 Å². The van der Waals surface area contributed by atoms with Gasteiger partial charge in [-0.15, -0.1) is 0 Å². The molecule has 0 aromatic carbocycles. The maximum Gasteiger partial charge on any atom is 0.271 e. The van der Waals surface area contributed by atoms with Crippen LogP contribution in [0.1, 0.15) is 23.3 Å². The monoisotopic (exact) mass is 251 g/mol. The van der Waals surface area contributed by atoms with Gasteiger partial charge >= 0.3 is 0 Å². The highest BCUT2D eigenvalue weighted by Crippen LogP contribution is 2.08. The third-order valence-electron chi connectivity index (χ3n) is 3.21. The van der Waals surface area contributed by atoms with Crippen LogP contribution in [0.3, 0.4) is 0 Å². The number of piperidine rings is 1. The van der Waals surface area contributed by atoms with E-state index >= 15 is 0 Å². The number of carbonyl (C=O) groups is 1. The number of nitrogens with one attached hydrogen (secondary N) is 1. The van der Waals surface area contributed by atoms with Crippen molar-refractivity contribution in [3.63, 3.8) is 0 Å². The topological polar surface area (TPSA) is 76.2 Å². The summed E-state index contributed by atoms with van der Waals surface area (Å²) >= 11 is 0. The number of amides is 1. The Morgan fingerprint density at radius 1 is 1.67 bits per heavy atom. The first-order valence-electron chi connectivity index (χ1n) is 6.40. The third kappa shape index (κ3) is 3.30. The summed E-state index contributed by atoms with van der Waals surface area (Å²) in [6.45, 7) is 3.25. The lowest BCUT2D eigenvalue weighted by atomic mass is 10.1. The molecule has 0 radical (unpaired) electrons. The zero-order chi connectivity index (χ0) is 13.0. The predicted molar refractivity (Wildman–Crippen MR) is 69.3 cm³/mol. The van der Waals surface area contributed by atoms with Crippen molar-refractivity contribution in [2.75, 3.05) is 26.7 Å². The van der Waals surface area contributed by atoms with Gasteiger partial charge in [0.05, 0.1) is 6.33 Å². The second-order valence-electron chi connectivity index (χ2n) is 4.86. The van der Waals surface area contributed by atoms with E-state index in [1.807, 2.05) is 4.57 Å². The van der Waals surface area contributed by atoms with Crippen LogP contribution < -0.4 is 11.1 Å². The molecular formula is C12H21N5O. The number of likely N-dealkylation sites (tertiary alicyclic amines) is 1. The molecule has 1 aromatic heterocycles. The van der Waals surface area contributed by atoms with Crippen molar-refractivity contribution in [3.8, 4) is 0 Å². The Hall–Kier alpha value is -1.40. The molecule has 18 heavy (non-hydrogen) atoms. The number of hydrogen-bond acceptors (Lipinski definition) is 4. The van der Waals surface area contributed by atoms with Gasteiger partial charge in [-0.1, -0.05) is 0 Å². The van der Waals surface area contributed by atoms with Crippen LogP contribution in [0, 0.1) is 0 Å². The van der Waals surface area contributed by atoms with E-state index in [4.69, 9.17) is 5.73 Å². The molecule has 3 N–H and O–H groups in total. The second-order valence-corrected chi connectivity index (χ2v) is 4.86. The molecule has 2 heterocycles. The Bertz CT molecular complexity index is 403. The van der Waals surface area contributed by atoms with Gasteiger partial charge in [-0.2, -0.15) is 0 Å². The highest BCUT2D eigenvalue weighted by Gasteiger charge is 2.20. The lowest BCUT2D eigenvalue weighted by Gasteiger charge is -2.29. The fourth-order valence-electron chi connectivity index (χ4n) is 2.29. The van der Waals surface area contributed by atoms with Gasteiger partial charge in [0.1, 0.15) is 5.69 Å². The summed E-state index contributed by atoms with van der Waals surface area (Å²) in [5.74, 6) is -0.0916. The molecule has 1 amide bonds. The Morgan fingerprint density at radius 3 is 3.22 bits per heavy atom. The second kappa shape index (κ2) is 5.97. The first-order valence-corrected chi connectivity index (χ1v) is 6.40. The molecule has 6 nitrogen and oxygen atoms in total. The van der Waals surface area contributed by atoms with Crippen LogP contribution in [0.2, 0.25) is 0 Å². The number of aromatic nitrogens is 2. The molecule has 2 rings (SSSR count). The molecule has 0 bridgehead atoms. The van der Waals surface area contributed by atoms with E-state index < -0.39 is 0 Å². The first-order chi connectivity index (χ1) is 8.69. The van der Waals surface area contributed by atoms with E-state index in [9.17, 15) is 4.79 Å². The molecule has 1 fully saturated rings. The fraction of sp³-hybridized carbons (Fsp3) is 0.667. The van der Waals surface area contributed by atoms with Gasteiger partial charge in [-0.25, -0.2) is 4.98 Å². The molecule has 100 valence electrons. The average Bonchev–Trinajstić information content (AvgIpc) is 2.78. The molecule has 0 aliphatic carbocycles. The van der Waals surface area contributed by atoms with Crippen LogP contribution in [-0.4, -0.2) is 53.1 Å². The lowest BCUT2D eigenvalue weighted by Crippen LogP contribution is -2.46. The summed E-state index contributed by atoms with van der Waals surface area (Å²) in [5, 5.41) is 3.03. The molecule has 1 aliphatic heterocycles. The number of nitrogens with two attached hydrogens (primary N) is 1. The van der Waals surface area contributed by atoms with E-state index in [2.05, 4.69) is 22.2 Å². The van der Waals surface area contributed by atoms with Crippen molar-refractivity contribution in [1.82, 2.24) is 19.8 Å². The number of imidazole rings is 1. The number of likely N-dealkylation sites (N-methyl/N-ethyl adjacent to an activating group) is 1. The predicted octanol–water partition coefficient (Wildman–Crippen LogP) is -0.334. The molecular weight excluding hydrogens is 230 g/mol. The summed E-state index contributed by atoms with van der Waals surface area (Å²) in [6.07, 6.45) is 5.56.